The molecule has 0 amide bonds. The Bertz CT molecular complexity index is 451. The van der Waals surface area contributed by atoms with Crippen molar-refractivity contribution < 1.29 is 8.42 Å². The van der Waals surface area contributed by atoms with Crippen LogP contribution in [0, 0.1) is 0 Å². The van der Waals surface area contributed by atoms with Gasteiger partial charge in [0.25, 0.3) is 10.0 Å². The molecule has 0 aromatic carbocycles. The van der Waals surface area contributed by atoms with Crippen LogP contribution in [0.3, 0.4) is 0 Å². The highest BCUT2D eigenvalue weighted by Crippen LogP contribution is 2.23. The molecular formula is C10H16BrNO2S2. The lowest BCUT2D eigenvalue weighted by Gasteiger charge is -2.22. The molecule has 0 saturated heterocycles. The molecule has 0 atom stereocenters. The second-order valence-electron chi connectivity index (χ2n) is 4.20. The number of alkyl halides is 1. The molecule has 16 heavy (non-hydrogen) atoms. The summed E-state index contributed by atoms with van der Waals surface area (Å²) in [6.07, 6.45) is 0.863. The van der Waals surface area contributed by atoms with Crippen molar-refractivity contribution >= 4 is 37.3 Å². The molecule has 6 heteroatoms. The fourth-order valence-corrected chi connectivity index (χ4v) is 4.17. The monoisotopic (exact) mass is 325 g/mol. The molecule has 0 fully saturated rings. The van der Waals surface area contributed by atoms with Gasteiger partial charge in [0.05, 0.1) is 0 Å². The molecule has 0 bridgehead atoms. The molecule has 0 aliphatic heterocycles. The van der Waals surface area contributed by atoms with Crippen molar-refractivity contribution in [2.24, 2.45) is 0 Å². The van der Waals surface area contributed by atoms with Gasteiger partial charge in [0, 0.05) is 15.7 Å². The van der Waals surface area contributed by atoms with Crippen molar-refractivity contribution in [2.75, 3.05) is 5.33 Å². The predicted octanol–water partition coefficient (Wildman–Crippen LogP) is 2.76. The van der Waals surface area contributed by atoms with Gasteiger partial charge in [0.1, 0.15) is 4.21 Å². The Morgan fingerprint density at radius 1 is 1.44 bits per heavy atom. The Morgan fingerprint density at radius 2 is 2.06 bits per heavy atom. The van der Waals surface area contributed by atoms with Crippen LogP contribution in [-0.2, 0) is 16.4 Å². The smallest absolute Gasteiger partial charge is 0.206 e. The minimum Gasteiger partial charge on any atom is -0.206 e. The third-order valence-corrected chi connectivity index (χ3v) is 6.82. The molecule has 0 aliphatic rings. The van der Waals surface area contributed by atoms with Crippen molar-refractivity contribution in [3.05, 3.63) is 17.0 Å². The summed E-state index contributed by atoms with van der Waals surface area (Å²) in [5.74, 6) is 0. The predicted molar refractivity (Wildman–Crippen MR) is 71.9 cm³/mol. The summed E-state index contributed by atoms with van der Waals surface area (Å²) in [5.41, 5.74) is -0.477. The quantitative estimate of drug-likeness (QED) is 0.846. The molecule has 92 valence electrons. The molecule has 0 aliphatic carbocycles. The van der Waals surface area contributed by atoms with Crippen LogP contribution in [0.25, 0.3) is 0 Å². The molecule has 1 heterocycles. The number of hydrogen-bond donors (Lipinski definition) is 1. The third kappa shape index (κ3) is 3.55. The van der Waals surface area contributed by atoms with Crippen LogP contribution in [0.15, 0.2) is 16.3 Å². The third-order valence-electron chi connectivity index (χ3n) is 2.00. The molecule has 0 saturated carbocycles. The molecule has 1 rings (SSSR count). The van der Waals surface area contributed by atoms with Gasteiger partial charge in [0.15, 0.2) is 0 Å². The average Bonchev–Trinajstić information content (AvgIpc) is 2.65. The second-order valence-corrected chi connectivity index (χ2v) is 7.84. The second kappa shape index (κ2) is 5.16. The van der Waals surface area contributed by atoms with Crippen molar-refractivity contribution in [1.82, 2.24) is 4.72 Å². The van der Waals surface area contributed by atoms with Crippen molar-refractivity contribution in [2.45, 2.75) is 36.9 Å². The van der Waals surface area contributed by atoms with Crippen LogP contribution < -0.4 is 4.72 Å². The van der Waals surface area contributed by atoms with Crippen LogP contribution in [0.5, 0.6) is 0 Å². The van der Waals surface area contributed by atoms with Crippen LogP contribution >= 0.6 is 27.3 Å². The van der Waals surface area contributed by atoms with E-state index in [4.69, 9.17) is 0 Å². The van der Waals surface area contributed by atoms with Crippen molar-refractivity contribution in [3.63, 3.8) is 0 Å². The SMILES string of the molecule is CCc1ccc(S(=O)(=O)NC(C)(C)CBr)s1. The van der Waals surface area contributed by atoms with Crippen LogP contribution in [0.2, 0.25) is 0 Å². The van der Waals surface area contributed by atoms with E-state index >= 15 is 0 Å². The van der Waals surface area contributed by atoms with Gasteiger partial charge in [-0.1, -0.05) is 22.9 Å². The zero-order valence-corrected chi connectivity index (χ0v) is 12.8. The van der Waals surface area contributed by atoms with E-state index < -0.39 is 15.6 Å². The number of halogens is 1. The van der Waals surface area contributed by atoms with E-state index in [1.165, 1.54) is 11.3 Å². The number of thiophene rings is 1. The Morgan fingerprint density at radius 3 is 2.50 bits per heavy atom. The van der Waals surface area contributed by atoms with Gasteiger partial charge in [-0.2, -0.15) is 0 Å². The first-order valence-corrected chi connectivity index (χ1v) is 8.41. The molecule has 1 aromatic rings. The van der Waals surface area contributed by atoms with E-state index in [0.717, 1.165) is 11.3 Å². The molecule has 1 N–H and O–H groups in total. The van der Waals surface area contributed by atoms with Gasteiger partial charge in [-0.25, -0.2) is 13.1 Å². The van der Waals surface area contributed by atoms with Gasteiger partial charge in [-0.05, 0) is 32.4 Å². The molecule has 0 unspecified atom stereocenters. The zero-order chi connectivity index (χ0) is 12.4. The largest absolute Gasteiger partial charge is 0.250 e. The fourth-order valence-electron chi connectivity index (χ4n) is 1.13. The maximum Gasteiger partial charge on any atom is 0.250 e. The number of nitrogens with one attached hydrogen (secondary N) is 1. The molecule has 1 aromatic heterocycles. The Kier molecular flexibility index (Phi) is 4.57. The summed E-state index contributed by atoms with van der Waals surface area (Å²) in [5, 5.41) is 0.575. The molecule has 0 radical (unpaired) electrons. The summed E-state index contributed by atoms with van der Waals surface area (Å²) in [4.78, 5) is 1.08. The summed E-state index contributed by atoms with van der Waals surface area (Å²) in [7, 11) is -3.38. The van der Waals surface area contributed by atoms with Crippen LogP contribution in [-0.4, -0.2) is 19.3 Å². The van der Waals surface area contributed by atoms with E-state index in [1.54, 1.807) is 6.07 Å². The average molecular weight is 326 g/mol. The fraction of sp³-hybridized carbons (Fsp3) is 0.600. The Balaban J connectivity index is 2.94. The molecule has 3 nitrogen and oxygen atoms in total. The van der Waals surface area contributed by atoms with E-state index in [9.17, 15) is 8.42 Å². The van der Waals surface area contributed by atoms with Crippen LogP contribution in [0.4, 0.5) is 0 Å². The molecule has 0 spiro atoms. The van der Waals surface area contributed by atoms with Crippen molar-refractivity contribution in [3.8, 4) is 0 Å². The minimum absolute atomic E-state index is 0.387. The summed E-state index contributed by atoms with van der Waals surface area (Å²) >= 11 is 4.62. The van der Waals surface area contributed by atoms with Gasteiger partial charge >= 0.3 is 0 Å². The van der Waals surface area contributed by atoms with Crippen LogP contribution in [0.1, 0.15) is 25.6 Å². The minimum atomic E-state index is -3.38. The summed E-state index contributed by atoms with van der Waals surface area (Å²) in [6.45, 7) is 5.69. The van der Waals surface area contributed by atoms with E-state index in [2.05, 4.69) is 20.7 Å². The number of sulfonamides is 1. The van der Waals surface area contributed by atoms with Gasteiger partial charge in [-0.3, -0.25) is 0 Å². The molecular weight excluding hydrogens is 310 g/mol. The lowest BCUT2D eigenvalue weighted by Crippen LogP contribution is -2.44. The topological polar surface area (TPSA) is 46.2 Å². The lowest BCUT2D eigenvalue weighted by atomic mass is 10.1. The van der Waals surface area contributed by atoms with E-state index in [0.29, 0.717) is 9.54 Å². The normalized spacial score (nSPS) is 13.0. The first-order valence-electron chi connectivity index (χ1n) is 4.99. The van der Waals surface area contributed by atoms with Gasteiger partial charge < -0.3 is 0 Å². The summed E-state index contributed by atoms with van der Waals surface area (Å²) in [6, 6.07) is 3.52. The van der Waals surface area contributed by atoms with E-state index in [-0.39, 0.29) is 0 Å². The Hall–Kier alpha value is 0.0900. The lowest BCUT2D eigenvalue weighted by molar-refractivity contribution is 0.502. The Labute approximate surface area is 109 Å². The number of rotatable bonds is 5. The highest BCUT2D eigenvalue weighted by atomic mass is 79.9. The zero-order valence-electron chi connectivity index (χ0n) is 9.58. The van der Waals surface area contributed by atoms with Crippen molar-refractivity contribution in [1.29, 1.82) is 0 Å². The van der Waals surface area contributed by atoms with Gasteiger partial charge in [-0.15, -0.1) is 11.3 Å². The maximum absolute atomic E-state index is 12.0. The number of aryl methyl sites for hydroxylation is 1. The standard InChI is InChI=1S/C10H16BrNO2S2/c1-4-8-5-6-9(15-8)16(13,14)12-10(2,3)7-11/h5-6,12H,4,7H2,1-3H3. The van der Waals surface area contributed by atoms with Gasteiger partial charge in [0.2, 0.25) is 0 Å². The number of hydrogen-bond acceptors (Lipinski definition) is 3. The van der Waals surface area contributed by atoms with E-state index in [1.807, 2.05) is 26.8 Å². The summed E-state index contributed by atoms with van der Waals surface area (Å²) < 4.78 is 27.1. The first-order chi connectivity index (χ1) is 7.30. The first kappa shape index (κ1) is 14.2. The highest BCUT2D eigenvalue weighted by molar-refractivity contribution is 9.09. The maximum atomic E-state index is 12.0. The highest BCUT2D eigenvalue weighted by Gasteiger charge is 2.26.